The van der Waals surface area contributed by atoms with Crippen LogP contribution >= 0.6 is 11.6 Å². The van der Waals surface area contributed by atoms with Crippen molar-refractivity contribution in [1.82, 2.24) is 0 Å². The maximum Gasteiger partial charge on any atom is 0.118 e. The molecule has 2 aromatic rings. The number of ether oxygens (including phenoxy) is 1. The van der Waals surface area contributed by atoms with Crippen molar-refractivity contribution < 1.29 is 4.74 Å². The summed E-state index contributed by atoms with van der Waals surface area (Å²) in [5.41, 5.74) is 2.07. The van der Waals surface area contributed by atoms with E-state index in [1.54, 1.807) is 7.11 Å². The lowest BCUT2D eigenvalue weighted by Gasteiger charge is -2.03. The van der Waals surface area contributed by atoms with Crippen LogP contribution in [-0.4, -0.2) is 7.11 Å². The van der Waals surface area contributed by atoms with E-state index >= 15 is 0 Å². The Morgan fingerprint density at radius 3 is 2.47 bits per heavy atom. The Hall–Kier alpha value is -1.47. The number of benzene rings is 2. The Morgan fingerprint density at radius 1 is 1.13 bits per heavy atom. The van der Waals surface area contributed by atoms with E-state index in [0.29, 0.717) is 0 Å². The molecule has 75 valence electrons. The van der Waals surface area contributed by atoms with Crippen molar-refractivity contribution in [1.29, 1.82) is 0 Å². The van der Waals surface area contributed by atoms with Gasteiger partial charge in [0, 0.05) is 5.02 Å². The summed E-state index contributed by atoms with van der Waals surface area (Å²) in [6.07, 6.45) is 0. The molecule has 0 aliphatic rings. The van der Waals surface area contributed by atoms with Crippen molar-refractivity contribution in [3.05, 3.63) is 53.6 Å². The highest BCUT2D eigenvalue weighted by molar-refractivity contribution is 6.30. The monoisotopic (exact) mass is 217 g/mol. The second-order valence-corrected chi connectivity index (χ2v) is 3.59. The van der Waals surface area contributed by atoms with Gasteiger partial charge in [0.1, 0.15) is 5.75 Å². The van der Waals surface area contributed by atoms with Gasteiger partial charge < -0.3 is 4.74 Å². The Labute approximate surface area is 94.3 Å². The average molecular weight is 218 g/mol. The quantitative estimate of drug-likeness (QED) is 0.743. The number of methoxy groups -OCH3 is 1. The molecule has 0 amide bonds. The molecule has 0 N–H and O–H groups in total. The predicted octanol–water partition coefficient (Wildman–Crippen LogP) is 3.82. The second-order valence-electron chi connectivity index (χ2n) is 3.15. The van der Waals surface area contributed by atoms with Gasteiger partial charge in [-0.05, 0) is 41.5 Å². The first-order valence-electron chi connectivity index (χ1n) is 4.61. The summed E-state index contributed by atoms with van der Waals surface area (Å²) >= 11 is 5.91. The van der Waals surface area contributed by atoms with Gasteiger partial charge in [0.05, 0.1) is 7.11 Å². The number of hydrogen-bond acceptors (Lipinski definition) is 1. The molecule has 0 atom stereocenters. The van der Waals surface area contributed by atoms with Gasteiger partial charge in [-0.2, -0.15) is 0 Å². The van der Waals surface area contributed by atoms with Crippen LogP contribution in [0.3, 0.4) is 0 Å². The summed E-state index contributed by atoms with van der Waals surface area (Å²) in [7, 11) is 1.65. The maximum atomic E-state index is 5.91. The van der Waals surface area contributed by atoms with Gasteiger partial charge in [0.2, 0.25) is 0 Å². The first-order chi connectivity index (χ1) is 7.29. The molecule has 1 radical (unpaired) electrons. The fourth-order valence-electron chi connectivity index (χ4n) is 1.38. The van der Waals surface area contributed by atoms with Crippen LogP contribution in [-0.2, 0) is 0 Å². The van der Waals surface area contributed by atoms with Gasteiger partial charge in [-0.1, -0.05) is 29.8 Å². The van der Waals surface area contributed by atoms with Crippen LogP contribution < -0.4 is 4.74 Å². The van der Waals surface area contributed by atoms with E-state index in [0.717, 1.165) is 21.9 Å². The minimum atomic E-state index is 0.722. The van der Waals surface area contributed by atoms with Crippen molar-refractivity contribution in [3.63, 3.8) is 0 Å². The predicted molar refractivity (Wildman–Crippen MR) is 62.3 cm³/mol. The first kappa shape index (κ1) is 10.1. The molecule has 0 aliphatic carbocycles. The second kappa shape index (κ2) is 4.37. The van der Waals surface area contributed by atoms with E-state index < -0.39 is 0 Å². The zero-order valence-corrected chi connectivity index (χ0v) is 9.08. The third-order valence-corrected chi connectivity index (χ3v) is 2.40. The molecule has 0 saturated heterocycles. The van der Waals surface area contributed by atoms with E-state index in [2.05, 4.69) is 6.07 Å². The zero-order valence-electron chi connectivity index (χ0n) is 8.33. The van der Waals surface area contributed by atoms with Crippen molar-refractivity contribution >= 4 is 11.6 Å². The molecule has 0 bridgehead atoms. The number of rotatable bonds is 2. The SMILES string of the molecule is COc1ccc(-c2[c]ccc(Cl)c2)cc1. The summed E-state index contributed by atoms with van der Waals surface area (Å²) in [5.74, 6) is 0.848. The molecule has 15 heavy (non-hydrogen) atoms. The molecule has 0 spiro atoms. The highest BCUT2D eigenvalue weighted by Gasteiger charge is 1.98. The van der Waals surface area contributed by atoms with Crippen LogP contribution in [0.25, 0.3) is 11.1 Å². The fraction of sp³-hybridized carbons (Fsp3) is 0.0769. The summed E-state index contributed by atoms with van der Waals surface area (Å²) in [5, 5.41) is 0.722. The van der Waals surface area contributed by atoms with Crippen LogP contribution in [0.4, 0.5) is 0 Å². The standard InChI is InChI=1S/C13H10ClO/c1-15-13-7-5-10(6-8-13)11-3-2-4-12(14)9-11/h2,4-9H,1H3. The molecule has 1 nitrogen and oxygen atoms in total. The molecule has 0 unspecified atom stereocenters. The van der Waals surface area contributed by atoms with Crippen molar-refractivity contribution in [2.75, 3.05) is 7.11 Å². The van der Waals surface area contributed by atoms with Crippen LogP contribution in [0.2, 0.25) is 5.02 Å². The minimum Gasteiger partial charge on any atom is -0.497 e. The van der Waals surface area contributed by atoms with Gasteiger partial charge in [-0.3, -0.25) is 0 Å². The van der Waals surface area contributed by atoms with Crippen molar-refractivity contribution in [2.45, 2.75) is 0 Å². The Kier molecular flexibility index (Phi) is 2.93. The number of hydrogen-bond donors (Lipinski definition) is 0. The third kappa shape index (κ3) is 2.31. The van der Waals surface area contributed by atoms with Crippen molar-refractivity contribution in [3.8, 4) is 16.9 Å². The highest BCUT2D eigenvalue weighted by atomic mass is 35.5. The molecule has 0 aliphatic heterocycles. The van der Waals surface area contributed by atoms with Gasteiger partial charge in [-0.15, -0.1) is 0 Å². The van der Waals surface area contributed by atoms with Gasteiger partial charge in [0.15, 0.2) is 0 Å². The molecule has 0 heterocycles. The molecular weight excluding hydrogens is 208 g/mol. The molecule has 2 aromatic carbocycles. The normalized spacial score (nSPS) is 10.0. The molecule has 0 aromatic heterocycles. The van der Waals surface area contributed by atoms with E-state index in [4.69, 9.17) is 16.3 Å². The third-order valence-electron chi connectivity index (χ3n) is 2.16. The van der Waals surface area contributed by atoms with Crippen LogP contribution in [0.5, 0.6) is 5.75 Å². The minimum absolute atomic E-state index is 0.722. The highest BCUT2D eigenvalue weighted by Crippen LogP contribution is 2.24. The van der Waals surface area contributed by atoms with Crippen LogP contribution in [0.1, 0.15) is 0 Å². The largest absolute Gasteiger partial charge is 0.497 e. The van der Waals surface area contributed by atoms with Gasteiger partial charge in [0.25, 0.3) is 0 Å². The maximum absolute atomic E-state index is 5.91. The lowest BCUT2D eigenvalue weighted by atomic mass is 10.1. The van der Waals surface area contributed by atoms with E-state index in [9.17, 15) is 0 Å². The van der Waals surface area contributed by atoms with Gasteiger partial charge in [-0.25, -0.2) is 0 Å². The van der Waals surface area contributed by atoms with Crippen LogP contribution in [0, 0.1) is 6.07 Å². The van der Waals surface area contributed by atoms with Gasteiger partial charge >= 0.3 is 0 Å². The molecule has 2 heteroatoms. The van der Waals surface area contributed by atoms with Crippen molar-refractivity contribution in [2.24, 2.45) is 0 Å². The van der Waals surface area contributed by atoms with E-state index in [1.165, 1.54) is 0 Å². The lowest BCUT2D eigenvalue weighted by Crippen LogP contribution is -1.82. The molecular formula is C13H10ClO. The number of halogens is 1. The summed E-state index contributed by atoms with van der Waals surface area (Å²) in [4.78, 5) is 0. The summed E-state index contributed by atoms with van der Waals surface area (Å²) in [6, 6.07) is 16.5. The smallest absolute Gasteiger partial charge is 0.118 e. The summed E-state index contributed by atoms with van der Waals surface area (Å²) < 4.78 is 5.09. The van der Waals surface area contributed by atoms with E-state index in [-0.39, 0.29) is 0 Å². The lowest BCUT2D eigenvalue weighted by molar-refractivity contribution is 0.415. The first-order valence-corrected chi connectivity index (χ1v) is 4.99. The van der Waals surface area contributed by atoms with E-state index in [1.807, 2.05) is 42.5 Å². The topological polar surface area (TPSA) is 9.23 Å². The molecule has 2 rings (SSSR count). The fourth-order valence-corrected chi connectivity index (χ4v) is 1.55. The Balaban J connectivity index is 2.37. The molecule has 0 saturated carbocycles. The average Bonchev–Trinajstić information content (AvgIpc) is 2.29. The Bertz CT molecular complexity index is 448. The van der Waals surface area contributed by atoms with Crippen LogP contribution in [0.15, 0.2) is 42.5 Å². The Morgan fingerprint density at radius 2 is 1.87 bits per heavy atom. The zero-order chi connectivity index (χ0) is 10.7. The summed E-state index contributed by atoms with van der Waals surface area (Å²) in [6.45, 7) is 0. The molecule has 0 fully saturated rings.